The van der Waals surface area contributed by atoms with Crippen LogP contribution in [0.3, 0.4) is 0 Å². The molecule has 2 N–H and O–H groups in total. The van der Waals surface area contributed by atoms with Gasteiger partial charge in [-0.3, -0.25) is 4.99 Å². The second-order valence-electron chi connectivity index (χ2n) is 6.09. The lowest BCUT2D eigenvalue weighted by Gasteiger charge is -2.24. The van der Waals surface area contributed by atoms with Crippen molar-refractivity contribution in [3.8, 4) is 0 Å². The fourth-order valence-corrected chi connectivity index (χ4v) is 3.36. The van der Waals surface area contributed by atoms with Gasteiger partial charge < -0.3 is 20.1 Å². The van der Waals surface area contributed by atoms with Crippen LogP contribution in [-0.4, -0.2) is 44.9 Å². The van der Waals surface area contributed by atoms with Gasteiger partial charge in [0.1, 0.15) is 5.82 Å². The van der Waals surface area contributed by atoms with Gasteiger partial charge in [0.15, 0.2) is 5.96 Å². The molecule has 0 saturated carbocycles. The van der Waals surface area contributed by atoms with Gasteiger partial charge >= 0.3 is 0 Å². The second-order valence-corrected chi connectivity index (χ2v) is 6.09. The molecule has 4 atom stereocenters. The molecule has 2 aliphatic heterocycles. The van der Waals surface area contributed by atoms with Gasteiger partial charge in [-0.05, 0) is 37.0 Å². The number of rotatable bonds is 5. The number of hydrogen-bond donors (Lipinski definition) is 2. The summed E-state index contributed by atoms with van der Waals surface area (Å²) in [5.41, 5.74) is 0.931. The maximum absolute atomic E-state index is 13.0. The number of nitrogens with one attached hydrogen (secondary N) is 2. The van der Waals surface area contributed by atoms with E-state index in [2.05, 4.69) is 15.6 Å². The Morgan fingerprint density at radius 1 is 1.38 bits per heavy atom. The molecule has 7 heteroatoms. The molecule has 5 nitrogen and oxygen atoms in total. The molecule has 2 saturated heterocycles. The Hall–Kier alpha value is -0.930. The molecule has 4 unspecified atom stereocenters. The van der Waals surface area contributed by atoms with Crippen molar-refractivity contribution < 1.29 is 13.9 Å². The number of halogens is 2. The average Bonchev–Trinajstić information content (AvgIpc) is 3.18. The monoisotopic (exact) mass is 449 g/mol. The van der Waals surface area contributed by atoms with Crippen LogP contribution in [-0.2, 0) is 9.47 Å². The van der Waals surface area contributed by atoms with Crippen molar-refractivity contribution in [1.29, 1.82) is 0 Å². The van der Waals surface area contributed by atoms with E-state index in [-0.39, 0.29) is 35.9 Å². The van der Waals surface area contributed by atoms with Gasteiger partial charge in [0, 0.05) is 20.7 Å². The number of methoxy groups -OCH3 is 1. The molecular formula is C17H25FIN3O2. The number of ether oxygens (including phenoxy) is 2. The first-order valence-corrected chi connectivity index (χ1v) is 8.10. The minimum atomic E-state index is -0.245. The maximum Gasteiger partial charge on any atom is 0.191 e. The van der Waals surface area contributed by atoms with Gasteiger partial charge in [-0.25, -0.2) is 4.39 Å². The number of aliphatic imine (C=N–C) groups is 1. The normalized spacial score (nSPS) is 26.8. The topological polar surface area (TPSA) is 54.9 Å². The summed E-state index contributed by atoms with van der Waals surface area (Å²) in [5.74, 6) is 0.501. The lowest BCUT2D eigenvalue weighted by atomic mass is 9.96. The molecule has 2 aliphatic rings. The zero-order valence-corrected chi connectivity index (χ0v) is 16.3. The number of nitrogens with zero attached hydrogens (tertiary/aromatic N) is 1. The summed E-state index contributed by atoms with van der Waals surface area (Å²) < 4.78 is 24.4. The highest BCUT2D eigenvalue weighted by molar-refractivity contribution is 14.0. The van der Waals surface area contributed by atoms with E-state index in [0.29, 0.717) is 24.8 Å². The van der Waals surface area contributed by atoms with Crippen LogP contribution in [0.25, 0.3) is 0 Å². The van der Waals surface area contributed by atoms with E-state index in [1.165, 1.54) is 18.6 Å². The van der Waals surface area contributed by atoms with Crippen LogP contribution in [0.5, 0.6) is 0 Å². The number of hydrogen-bond acceptors (Lipinski definition) is 3. The summed E-state index contributed by atoms with van der Waals surface area (Å²) in [7, 11) is 3.40. The van der Waals surface area contributed by atoms with Crippen molar-refractivity contribution >= 4 is 29.9 Å². The summed E-state index contributed by atoms with van der Waals surface area (Å²) in [6, 6.07) is 6.70. The van der Waals surface area contributed by atoms with E-state index in [0.717, 1.165) is 24.4 Å². The highest BCUT2D eigenvalue weighted by Gasteiger charge is 2.41. The highest BCUT2D eigenvalue weighted by atomic mass is 127. The maximum atomic E-state index is 13.0. The fourth-order valence-electron chi connectivity index (χ4n) is 3.36. The minimum absolute atomic E-state index is 0. The van der Waals surface area contributed by atoms with E-state index in [9.17, 15) is 4.39 Å². The Balaban J connectivity index is 0.00000208. The first kappa shape index (κ1) is 19.4. The standard InChI is InChI=1S/C17H24FN3O2.HI/c1-19-17(21-14-9-13-7-8-15(14)23-13)20-10-16(22-2)11-3-5-12(18)6-4-11;/h3-6,13-16H,7-10H2,1-2H3,(H2,19,20,21);1H. The number of fused-ring (bicyclic) bond motifs is 2. The van der Waals surface area contributed by atoms with Gasteiger partial charge in [-0.15, -0.1) is 24.0 Å². The molecule has 0 aromatic heterocycles. The minimum Gasteiger partial charge on any atom is -0.375 e. The largest absolute Gasteiger partial charge is 0.375 e. The van der Waals surface area contributed by atoms with Crippen LogP contribution in [0, 0.1) is 5.82 Å². The first-order chi connectivity index (χ1) is 11.2. The predicted octanol–water partition coefficient (Wildman–Crippen LogP) is 2.62. The van der Waals surface area contributed by atoms with E-state index >= 15 is 0 Å². The first-order valence-electron chi connectivity index (χ1n) is 8.10. The van der Waals surface area contributed by atoms with Crippen LogP contribution in [0.4, 0.5) is 4.39 Å². The fraction of sp³-hybridized carbons (Fsp3) is 0.588. The quantitative estimate of drug-likeness (QED) is 0.413. The lowest BCUT2D eigenvalue weighted by Crippen LogP contribution is -2.48. The van der Waals surface area contributed by atoms with Crippen molar-refractivity contribution in [1.82, 2.24) is 10.6 Å². The highest BCUT2D eigenvalue weighted by Crippen LogP contribution is 2.34. The van der Waals surface area contributed by atoms with E-state index in [4.69, 9.17) is 9.47 Å². The average molecular weight is 449 g/mol. The summed E-state index contributed by atoms with van der Waals surface area (Å²) in [4.78, 5) is 4.27. The molecule has 24 heavy (non-hydrogen) atoms. The molecule has 0 aliphatic carbocycles. The number of benzene rings is 1. The summed E-state index contributed by atoms with van der Waals surface area (Å²) in [6.07, 6.45) is 3.87. The molecule has 1 aromatic carbocycles. The Kier molecular flexibility index (Phi) is 7.24. The second kappa shape index (κ2) is 8.96. The summed E-state index contributed by atoms with van der Waals surface area (Å²) in [5, 5.41) is 6.72. The Labute approximate surface area is 159 Å². The third-order valence-electron chi connectivity index (χ3n) is 4.63. The van der Waals surface area contributed by atoms with Crippen LogP contribution < -0.4 is 10.6 Å². The molecule has 134 valence electrons. The van der Waals surface area contributed by atoms with E-state index < -0.39 is 0 Å². The van der Waals surface area contributed by atoms with E-state index in [1.54, 1.807) is 26.3 Å². The van der Waals surface area contributed by atoms with Gasteiger partial charge in [0.2, 0.25) is 0 Å². The van der Waals surface area contributed by atoms with Gasteiger partial charge in [0.05, 0.1) is 24.4 Å². The zero-order valence-electron chi connectivity index (χ0n) is 14.0. The number of guanidine groups is 1. The van der Waals surface area contributed by atoms with Gasteiger partial charge in [-0.1, -0.05) is 12.1 Å². The van der Waals surface area contributed by atoms with Crippen LogP contribution in [0.1, 0.15) is 30.9 Å². The van der Waals surface area contributed by atoms with Crippen molar-refractivity contribution in [3.63, 3.8) is 0 Å². The predicted molar refractivity (Wildman–Crippen MR) is 102 cm³/mol. The van der Waals surface area contributed by atoms with Crippen molar-refractivity contribution in [2.75, 3.05) is 20.7 Å². The molecule has 2 bridgehead atoms. The molecule has 0 amide bonds. The van der Waals surface area contributed by atoms with Crippen molar-refractivity contribution in [3.05, 3.63) is 35.6 Å². The SMILES string of the molecule is CN=C(NCC(OC)c1ccc(F)cc1)NC1CC2CCC1O2.I. The summed E-state index contributed by atoms with van der Waals surface area (Å²) in [6.45, 7) is 0.559. The third-order valence-corrected chi connectivity index (χ3v) is 4.63. The molecule has 1 aromatic rings. The Morgan fingerprint density at radius 3 is 2.67 bits per heavy atom. The van der Waals surface area contributed by atoms with Crippen LogP contribution in [0.15, 0.2) is 29.3 Å². The molecule has 0 spiro atoms. The molecular weight excluding hydrogens is 424 g/mol. The third kappa shape index (κ3) is 4.58. The Morgan fingerprint density at radius 2 is 2.12 bits per heavy atom. The molecule has 3 rings (SSSR count). The van der Waals surface area contributed by atoms with Crippen LogP contribution >= 0.6 is 24.0 Å². The Bertz CT molecular complexity index is 555. The van der Waals surface area contributed by atoms with Crippen LogP contribution in [0.2, 0.25) is 0 Å². The lowest BCUT2D eigenvalue weighted by molar-refractivity contribution is 0.0987. The van der Waals surface area contributed by atoms with Crippen molar-refractivity contribution in [2.45, 2.75) is 43.6 Å². The molecule has 2 heterocycles. The van der Waals surface area contributed by atoms with E-state index in [1.807, 2.05) is 0 Å². The smallest absolute Gasteiger partial charge is 0.191 e. The molecule has 0 radical (unpaired) electrons. The zero-order chi connectivity index (χ0) is 16.2. The van der Waals surface area contributed by atoms with Gasteiger partial charge in [-0.2, -0.15) is 0 Å². The van der Waals surface area contributed by atoms with Crippen molar-refractivity contribution in [2.24, 2.45) is 4.99 Å². The summed E-state index contributed by atoms with van der Waals surface area (Å²) >= 11 is 0. The van der Waals surface area contributed by atoms with Gasteiger partial charge in [0.25, 0.3) is 0 Å². The molecule has 2 fully saturated rings.